The van der Waals surface area contributed by atoms with E-state index in [0.29, 0.717) is 12.0 Å². The van der Waals surface area contributed by atoms with Crippen molar-refractivity contribution in [3.8, 4) is 0 Å². The lowest BCUT2D eigenvalue weighted by molar-refractivity contribution is 0.140. The van der Waals surface area contributed by atoms with Gasteiger partial charge in [0.1, 0.15) is 12.2 Å². The SMILES string of the molecule is CCn1ncnc1CN1CCC(C2NNCC2Cc2ccccc2)CC1. The normalized spacial score (nSPS) is 25.0. The van der Waals surface area contributed by atoms with E-state index in [-0.39, 0.29) is 0 Å². The number of likely N-dealkylation sites (tertiary alicyclic amines) is 1. The number of hydrazine groups is 1. The highest BCUT2D eigenvalue weighted by Crippen LogP contribution is 2.29. The third-order valence-electron chi connectivity index (χ3n) is 5.98. The molecule has 2 aliphatic heterocycles. The topological polar surface area (TPSA) is 58.0 Å². The standard InChI is InChI=1S/C20H30N6/c1-2-26-19(21-15-23-26)14-25-10-8-17(9-11-25)20-18(13-22-24-20)12-16-6-4-3-5-7-16/h3-7,15,17-18,20,22,24H,2,8-14H2,1H3. The van der Waals surface area contributed by atoms with Crippen LogP contribution < -0.4 is 10.9 Å². The molecular weight excluding hydrogens is 324 g/mol. The summed E-state index contributed by atoms with van der Waals surface area (Å²) in [4.78, 5) is 6.95. The molecule has 2 fully saturated rings. The van der Waals surface area contributed by atoms with E-state index in [4.69, 9.17) is 0 Å². The number of hydrogen-bond donors (Lipinski definition) is 2. The van der Waals surface area contributed by atoms with Crippen LogP contribution in [0.25, 0.3) is 0 Å². The molecule has 1 aromatic carbocycles. The lowest BCUT2D eigenvalue weighted by atomic mass is 9.81. The molecule has 2 N–H and O–H groups in total. The molecule has 0 bridgehead atoms. The Morgan fingerprint density at radius 1 is 1.15 bits per heavy atom. The summed E-state index contributed by atoms with van der Waals surface area (Å²) in [7, 11) is 0. The molecule has 6 nitrogen and oxygen atoms in total. The first kappa shape index (κ1) is 17.6. The fraction of sp³-hybridized carbons (Fsp3) is 0.600. The molecule has 140 valence electrons. The van der Waals surface area contributed by atoms with Gasteiger partial charge in [0.05, 0.1) is 6.54 Å². The Balaban J connectivity index is 1.31. The largest absolute Gasteiger partial charge is 0.296 e. The van der Waals surface area contributed by atoms with Gasteiger partial charge in [-0.15, -0.1) is 0 Å². The number of aryl methyl sites for hydroxylation is 1. The van der Waals surface area contributed by atoms with E-state index in [0.717, 1.165) is 50.9 Å². The van der Waals surface area contributed by atoms with Gasteiger partial charge in [-0.25, -0.2) is 9.67 Å². The molecule has 3 heterocycles. The third-order valence-corrected chi connectivity index (χ3v) is 5.98. The molecule has 0 radical (unpaired) electrons. The smallest absolute Gasteiger partial charge is 0.140 e. The maximum absolute atomic E-state index is 4.42. The van der Waals surface area contributed by atoms with E-state index in [9.17, 15) is 0 Å². The summed E-state index contributed by atoms with van der Waals surface area (Å²) < 4.78 is 2.00. The van der Waals surface area contributed by atoms with Crippen molar-refractivity contribution >= 4 is 0 Å². The van der Waals surface area contributed by atoms with Crippen LogP contribution in [0.15, 0.2) is 36.7 Å². The zero-order valence-corrected chi connectivity index (χ0v) is 15.6. The summed E-state index contributed by atoms with van der Waals surface area (Å²) in [6.45, 7) is 7.30. The predicted molar refractivity (Wildman–Crippen MR) is 102 cm³/mol. The average molecular weight is 355 g/mol. The second-order valence-corrected chi connectivity index (χ2v) is 7.61. The Morgan fingerprint density at radius 2 is 1.96 bits per heavy atom. The van der Waals surface area contributed by atoms with Crippen molar-refractivity contribution in [1.82, 2.24) is 30.5 Å². The molecule has 4 rings (SSSR count). The van der Waals surface area contributed by atoms with Crippen LogP contribution in [0.4, 0.5) is 0 Å². The van der Waals surface area contributed by atoms with Crippen LogP contribution in [-0.4, -0.2) is 45.3 Å². The first-order valence-electron chi connectivity index (χ1n) is 9.95. The summed E-state index contributed by atoms with van der Waals surface area (Å²) in [5.74, 6) is 2.52. The minimum atomic E-state index is 0.580. The van der Waals surface area contributed by atoms with Gasteiger partial charge in [0.2, 0.25) is 0 Å². The van der Waals surface area contributed by atoms with E-state index in [1.54, 1.807) is 6.33 Å². The number of aromatic nitrogens is 3. The van der Waals surface area contributed by atoms with E-state index in [1.807, 2.05) is 4.68 Å². The second kappa shape index (κ2) is 8.29. The van der Waals surface area contributed by atoms with Crippen LogP contribution in [0.3, 0.4) is 0 Å². The number of rotatable bonds is 6. The maximum Gasteiger partial charge on any atom is 0.140 e. The van der Waals surface area contributed by atoms with Gasteiger partial charge in [-0.2, -0.15) is 5.10 Å². The van der Waals surface area contributed by atoms with Gasteiger partial charge in [0.15, 0.2) is 0 Å². The molecule has 2 aliphatic rings. The molecule has 0 amide bonds. The number of hydrogen-bond acceptors (Lipinski definition) is 5. The summed E-state index contributed by atoms with van der Waals surface area (Å²) in [5.41, 5.74) is 8.45. The fourth-order valence-corrected chi connectivity index (χ4v) is 4.52. The van der Waals surface area contributed by atoms with E-state index in [1.165, 1.54) is 18.4 Å². The highest BCUT2D eigenvalue weighted by atomic mass is 15.4. The Bertz CT molecular complexity index is 677. The van der Waals surface area contributed by atoms with Crippen molar-refractivity contribution in [2.75, 3.05) is 19.6 Å². The van der Waals surface area contributed by atoms with E-state index in [2.05, 4.69) is 63.1 Å². The molecule has 2 unspecified atom stereocenters. The third kappa shape index (κ3) is 3.98. The molecule has 2 saturated heterocycles. The molecule has 0 aliphatic carbocycles. The van der Waals surface area contributed by atoms with Crippen molar-refractivity contribution in [2.45, 2.75) is 45.3 Å². The van der Waals surface area contributed by atoms with Crippen molar-refractivity contribution in [3.63, 3.8) is 0 Å². The van der Waals surface area contributed by atoms with Crippen LogP contribution in [-0.2, 0) is 19.5 Å². The quantitative estimate of drug-likeness (QED) is 0.829. The Kier molecular flexibility index (Phi) is 5.62. The van der Waals surface area contributed by atoms with Crippen molar-refractivity contribution in [2.24, 2.45) is 11.8 Å². The van der Waals surface area contributed by atoms with Crippen molar-refractivity contribution in [1.29, 1.82) is 0 Å². The van der Waals surface area contributed by atoms with Crippen LogP contribution in [0.2, 0.25) is 0 Å². The minimum absolute atomic E-state index is 0.580. The first-order valence-corrected chi connectivity index (χ1v) is 9.95. The molecular formula is C20H30N6. The number of nitrogens with one attached hydrogen (secondary N) is 2. The van der Waals surface area contributed by atoms with Crippen molar-refractivity contribution < 1.29 is 0 Å². The second-order valence-electron chi connectivity index (χ2n) is 7.61. The number of piperidine rings is 1. The predicted octanol–water partition coefficient (Wildman–Crippen LogP) is 1.85. The van der Waals surface area contributed by atoms with Gasteiger partial charge in [-0.1, -0.05) is 30.3 Å². The molecule has 0 spiro atoms. The van der Waals surface area contributed by atoms with E-state index < -0.39 is 0 Å². The average Bonchev–Trinajstić information content (AvgIpc) is 3.32. The number of benzene rings is 1. The van der Waals surface area contributed by atoms with Gasteiger partial charge in [-0.05, 0) is 56.7 Å². The Morgan fingerprint density at radius 3 is 2.73 bits per heavy atom. The summed E-state index contributed by atoms with van der Waals surface area (Å²) >= 11 is 0. The van der Waals surface area contributed by atoms with Gasteiger partial charge < -0.3 is 0 Å². The highest BCUT2D eigenvalue weighted by Gasteiger charge is 2.35. The zero-order chi connectivity index (χ0) is 17.8. The lowest BCUT2D eigenvalue weighted by Crippen LogP contribution is -2.44. The Labute approximate surface area is 156 Å². The number of nitrogens with zero attached hydrogens (tertiary/aromatic N) is 4. The van der Waals surface area contributed by atoms with Crippen LogP contribution >= 0.6 is 0 Å². The summed E-state index contributed by atoms with van der Waals surface area (Å²) in [5, 5.41) is 4.29. The first-order chi connectivity index (χ1) is 12.8. The van der Waals surface area contributed by atoms with E-state index >= 15 is 0 Å². The molecule has 2 atom stereocenters. The van der Waals surface area contributed by atoms with Gasteiger partial charge in [0, 0.05) is 19.1 Å². The van der Waals surface area contributed by atoms with Crippen molar-refractivity contribution in [3.05, 3.63) is 48.0 Å². The van der Waals surface area contributed by atoms with Crippen LogP contribution in [0.5, 0.6) is 0 Å². The van der Waals surface area contributed by atoms with Gasteiger partial charge in [0.25, 0.3) is 0 Å². The van der Waals surface area contributed by atoms with Gasteiger partial charge in [-0.3, -0.25) is 15.8 Å². The maximum atomic E-state index is 4.42. The molecule has 6 heteroatoms. The monoisotopic (exact) mass is 354 g/mol. The zero-order valence-electron chi connectivity index (χ0n) is 15.6. The molecule has 26 heavy (non-hydrogen) atoms. The Hall–Kier alpha value is -1.76. The van der Waals surface area contributed by atoms with Crippen LogP contribution in [0, 0.1) is 11.8 Å². The molecule has 0 saturated carbocycles. The van der Waals surface area contributed by atoms with Crippen LogP contribution in [0.1, 0.15) is 31.2 Å². The lowest BCUT2D eigenvalue weighted by Gasteiger charge is -2.36. The fourth-order valence-electron chi connectivity index (χ4n) is 4.52. The minimum Gasteiger partial charge on any atom is -0.296 e. The molecule has 1 aromatic heterocycles. The molecule has 2 aromatic rings. The summed E-state index contributed by atoms with van der Waals surface area (Å²) in [6.07, 6.45) is 5.34. The summed E-state index contributed by atoms with van der Waals surface area (Å²) in [6, 6.07) is 11.5. The highest BCUT2D eigenvalue weighted by molar-refractivity contribution is 5.16. The van der Waals surface area contributed by atoms with Gasteiger partial charge >= 0.3 is 0 Å².